The summed E-state index contributed by atoms with van der Waals surface area (Å²) in [6.45, 7) is 1.34. The van der Waals surface area contributed by atoms with Gasteiger partial charge in [0.2, 0.25) is 0 Å². The zero-order chi connectivity index (χ0) is 11.1. The Labute approximate surface area is 107 Å². The highest BCUT2D eigenvalue weighted by Crippen LogP contribution is 2.31. The molecule has 3 rings (SSSR count). The minimum atomic E-state index is 0.570. The summed E-state index contributed by atoms with van der Waals surface area (Å²) >= 11 is 9.61. The molecule has 4 heteroatoms. The Balaban J connectivity index is 2.37. The number of hydrogen-bond acceptors (Lipinski definition) is 2. The topological polar surface area (TPSA) is 22.1 Å². The fourth-order valence-electron chi connectivity index (χ4n) is 2.09. The molecule has 1 aromatic heterocycles. The highest BCUT2D eigenvalue weighted by atomic mass is 79.9. The Bertz CT molecular complexity index is 570. The largest absolute Gasteiger partial charge is 0.376 e. The van der Waals surface area contributed by atoms with Gasteiger partial charge in [0.1, 0.15) is 5.15 Å². The SMILES string of the molecule is Clc1nc2cc(Br)ccc2c2c1COCC2. The zero-order valence-electron chi connectivity index (χ0n) is 8.46. The van der Waals surface area contributed by atoms with E-state index in [-0.39, 0.29) is 0 Å². The average molecular weight is 299 g/mol. The van der Waals surface area contributed by atoms with Gasteiger partial charge in [0, 0.05) is 15.4 Å². The smallest absolute Gasteiger partial charge is 0.135 e. The van der Waals surface area contributed by atoms with E-state index < -0.39 is 0 Å². The quantitative estimate of drug-likeness (QED) is 0.692. The van der Waals surface area contributed by atoms with Crippen molar-refractivity contribution >= 4 is 38.4 Å². The molecule has 0 saturated heterocycles. The summed E-state index contributed by atoms with van der Waals surface area (Å²) in [7, 11) is 0. The lowest BCUT2D eigenvalue weighted by atomic mass is 10.00. The monoisotopic (exact) mass is 297 g/mol. The molecule has 0 spiro atoms. The van der Waals surface area contributed by atoms with Crippen LogP contribution in [0.1, 0.15) is 11.1 Å². The molecule has 2 nitrogen and oxygen atoms in total. The summed E-state index contributed by atoms with van der Waals surface area (Å²) < 4.78 is 6.44. The van der Waals surface area contributed by atoms with Crippen LogP contribution in [0.2, 0.25) is 5.15 Å². The van der Waals surface area contributed by atoms with Gasteiger partial charge >= 0.3 is 0 Å². The van der Waals surface area contributed by atoms with Gasteiger partial charge in [0.05, 0.1) is 18.7 Å². The predicted molar refractivity (Wildman–Crippen MR) is 67.8 cm³/mol. The van der Waals surface area contributed by atoms with Crippen molar-refractivity contribution < 1.29 is 4.74 Å². The van der Waals surface area contributed by atoms with Crippen LogP contribution in [-0.2, 0) is 17.8 Å². The van der Waals surface area contributed by atoms with Crippen molar-refractivity contribution in [3.63, 3.8) is 0 Å². The number of rotatable bonds is 0. The summed E-state index contributed by atoms with van der Waals surface area (Å²) in [6, 6.07) is 6.12. The van der Waals surface area contributed by atoms with Gasteiger partial charge in [-0.15, -0.1) is 0 Å². The molecule has 16 heavy (non-hydrogen) atoms. The fraction of sp³-hybridized carbons (Fsp3) is 0.250. The molecule has 82 valence electrons. The van der Waals surface area contributed by atoms with Crippen molar-refractivity contribution in [2.24, 2.45) is 0 Å². The van der Waals surface area contributed by atoms with Crippen LogP contribution in [0.4, 0.5) is 0 Å². The molecular weight excluding hydrogens is 289 g/mol. The third-order valence-electron chi connectivity index (χ3n) is 2.86. The molecule has 0 amide bonds. The summed E-state index contributed by atoms with van der Waals surface area (Å²) in [6.07, 6.45) is 0.912. The van der Waals surface area contributed by atoms with E-state index in [0.29, 0.717) is 11.8 Å². The molecule has 0 N–H and O–H groups in total. The number of nitrogens with zero attached hydrogens (tertiary/aromatic N) is 1. The molecule has 2 heterocycles. The van der Waals surface area contributed by atoms with E-state index in [1.807, 2.05) is 12.1 Å². The maximum atomic E-state index is 6.17. The second-order valence-corrected chi connectivity index (χ2v) is 5.10. The van der Waals surface area contributed by atoms with E-state index in [0.717, 1.165) is 28.6 Å². The first-order chi connectivity index (χ1) is 7.75. The van der Waals surface area contributed by atoms with Gasteiger partial charge in [-0.2, -0.15) is 0 Å². The van der Waals surface area contributed by atoms with Gasteiger partial charge < -0.3 is 4.74 Å². The highest BCUT2D eigenvalue weighted by Gasteiger charge is 2.17. The normalized spacial score (nSPS) is 15.1. The molecule has 0 atom stereocenters. The van der Waals surface area contributed by atoms with Gasteiger partial charge in [-0.3, -0.25) is 0 Å². The predicted octanol–water partition coefficient (Wildman–Crippen LogP) is 3.72. The molecule has 0 aliphatic carbocycles. The third kappa shape index (κ3) is 1.63. The summed E-state index contributed by atoms with van der Waals surface area (Å²) in [5.74, 6) is 0. The molecule has 0 bridgehead atoms. The molecule has 1 aromatic carbocycles. The van der Waals surface area contributed by atoms with Crippen LogP contribution in [0, 0.1) is 0 Å². The standard InChI is InChI=1S/C12H9BrClNO/c13-7-1-2-9-8-3-4-16-6-10(8)12(14)15-11(9)5-7/h1-2,5H,3-4,6H2. The maximum Gasteiger partial charge on any atom is 0.135 e. The molecule has 0 unspecified atom stereocenters. The number of halogens is 2. The molecular formula is C12H9BrClNO. The Morgan fingerprint density at radius 1 is 1.31 bits per heavy atom. The number of benzene rings is 1. The van der Waals surface area contributed by atoms with E-state index in [4.69, 9.17) is 16.3 Å². The second kappa shape index (κ2) is 3.99. The lowest BCUT2D eigenvalue weighted by molar-refractivity contribution is 0.111. The van der Waals surface area contributed by atoms with Crippen LogP contribution in [0.3, 0.4) is 0 Å². The van der Waals surface area contributed by atoms with E-state index >= 15 is 0 Å². The van der Waals surface area contributed by atoms with Crippen LogP contribution < -0.4 is 0 Å². The third-order valence-corrected chi connectivity index (χ3v) is 3.67. The lowest BCUT2D eigenvalue weighted by Crippen LogP contribution is -2.11. The van der Waals surface area contributed by atoms with Crippen molar-refractivity contribution in [3.8, 4) is 0 Å². The number of ether oxygens (including phenoxy) is 1. The van der Waals surface area contributed by atoms with Gasteiger partial charge in [0.15, 0.2) is 0 Å². The van der Waals surface area contributed by atoms with E-state index in [1.165, 1.54) is 10.9 Å². The van der Waals surface area contributed by atoms with E-state index in [1.54, 1.807) is 0 Å². The molecule has 2 aromatic rings. The lowest BCUT2D eigenvalue weighted by Gasteiger charge is -2.19. The van der Waals surface area contributed by atoms with Gasteiger partial charge in [0.25, 0.3) is 0 Å². The molecule has 1 aliphatic rings. The number of pyridine rings is 1. The number of fused-ring (bicyclic) bond motifs is 3. The Hall–Kier alpha value is -0.640. The second-order valence-electron chi connectivity index (χ2n) is 3.82. The zero-order valence-corrected chi connectivity index (χ0v) is 10.8. The Kier molecular flexibility index (Phi) is 2.62. The first kappa shape index (κ1) is 10.5. The van der Waals surface area contributed by atoms with Crippen LogP contribution in [0.25, 0.3) is 10.9 Å². The highest BCUT2D eigenvalue weighted by molar-refractivity contribution is 9.10. The summed E-state index contributed by atoms with van der Waals surface area (Å²) in [4.78, 5) is 4.41. The van der Waals surface area contributed by atoms with Crippen molar-refractivity contribution in [1.82, 2.24) is 4.98 Å². The van der Waals surface area contributed by atoms with Gasteiger partial charge in [-0.25, -0.2) is 4.98 Å². The average Bonchev–Trinajstić information content (AvgIpc) is 2.29. The van der Waals surface area contributed by atoms with Crippen LogP contribution in [-0.4, -0.2) is 11.6 Å². The molecule has 0 radical (unpaired) electrons. The summed E-state index contributed by atoms with van der Waals surface area (Å²) in [5.41, 5.74) is 3.27. The van der Waals surface area contributed by atoms with Gasteiger partial charge in [-0.05, 0) is 24.1 Å². The number of aromatic nitrogens is 1. The van der Waals surface area contributed by atoms with Crippen LogP contribution in [0.15, 0.2) is 22.7 Å². The fourth-order valence-corrected chi connectivity index (χ4v) is 2.70. The molecule has 1 aliphatic heterocycles. The van der Waals surface area contributed by atoms with Crippen LogP contribution >= 0.6 is 27.5 Å². The van der Waals surface area contributed by atoms with Crippen molar-refractivity contribution in [2.45, 2.75) is 13.0 Å². The summed E-state index contributed by atoms with van der Waals surface area (Å²) in [5, 5.41) is 1.76. The first-order valence-electron chi connectivity index (χ1n) is 5.10. The molecule has 0 saturated carbocycles. The van der Waals surface area contributed by atoms with E-state index in [2.05, 4.69) is 27.0 Å². The number of hydrogen-bond donors (Lipinski definition) is 0. The van der Waals surface area contributed by atoms with Gasteiger partial charge in [-0.1, -0.05) is 33.6 Å². The van der Waals surface area contributed by atoms with Crippen molar-refractivity contribution in [2.75, 3.05) is 6.61 Å². The maximum absolute atomic E-state index is 6.17. The van der Waals surface area contributed by atoms with Crippen molar-refractivity contribution in [3.05, 3.63) is 39.0 Å². The first-order valence-corrected chi connectivity index (χ1v) is 6.27. The minimum Gasteiger partial charge on any atom is -0.376 e. The van der Waals surface area contributed by atoms with Crippen molar-refractivity contribution in [1.29, 1.82) is 0 Å². The Morgan fingerprint density at radius 3 is 3.06 bits per heavy atom. The van der Waals surface area contributed by atoms with E-state index in [9.17, 15) is 0 Å². The Morgan fingerprint density at radius 2 is 2.19 bits per heavy atom. The van der Waals surface area contributed by atoms with Crippen LogP contribution in [0.5, 0.6) is 0 Å². The minimum absolute atomic E-state index is 0.570. The molecule has 0 fully saturated rings.